The van der Waals surface area contributed by atoms with Gasteiger partial charge in [-0.25, -0.2) is 19.0 Å². The van der Waals surface area contributed by atoms with Crippen LogP contribution in [0.25, 0.3) is 11.4 Å². The van der Waals surface area contributed by atoms with Crippen LogP contribution < -0.4 is 25.6 Å². The molecule has 0 saturated heterocycles. The highest BCUT2D eigenvalue weighted by atomic mass is 16.5. The first-order valence-electron chi connectivity index (χ1n) is 16.4. The summed E-state index contributed by atoms with van der Waals surface area (Å²) in [6, 6.07) is 18.0. The van der Waals surface area contributed by atoms with Crippen molar-refractivity contribution in [2.45, 2.75) is 13.8 Å². The van der Waals surface area contributed by atoms with Crippen molar-refractivity contribution in [3.63, 3.8) is 0 Å². The van der Waals surface area contributed by atoms with Crippen LogP contribution in [0, 0.1) is 10.8 Å². The van der Waals surface area contributed by atoms with Gasteiger partial charge in [0.05, 0.1) is 56.5 Å². The van der Waals surface area contributed by atoms with Gasteiger partial charge in [-0.15, -0.1) is 0 Å². The van der Waals surface area contributed by atoms with Crippen molar-refractivity contribution in [2.24, 2.45) is 20.4 Å². The first kappa shape index (κ1) is 36.2. The van der Waals surface area contributed by atoms with Crippen LogP contribution in [0.4, 0.5) is 23.5 Å². The second kappa shape index (κ2) is 15.1. The minimum Gasteiger partial charge on any atom is -0.467 e. The largest absolute Gasteiger partial charge is 0.467 e. The Hall–Kier alpha value is -8.17. The molecule has 56 heavy (non-hydrogen) atoms. The third-order valence-corrected chi connectivity index (χ3v) is 8.11. The lowest BCUT2D eigenvalue weighted by molar-refractivity contribution is 0.0593. The minimum atomic E-state index is -0.646. The number of hydrazone groups is 4. The van der Waals surface area contributed by atoms with E-state index in [4.69, 9.17) is 25.0 Å². The number of carbonyl (C=O) groups is 2. The lowest BCUT2D eigenvalue weighted by atomic mass is 10.2. The molecule has 22 heteroatoms. The quantitative estimate of drug-likeness (QED) is 0.111. The van der Waals surface area contributed by atoms with E-state index in [1.54, 1.807) is 38.1 Å². The third kappa shape index (κ3) is 6.63. The maximum absolute atomic E-state index is 12.6. The maximum Gasteiger partial charge on any atom is 0.343 e. The summed E-state index contributed by atoms with van der Waals surface area (Å²) in [6.45, 7) is 3.25. The summed E-state index contributed by atoms with van der Waals surface area (Å²) in [5, 5.41) is 46.4. The molecule has 0 atom stereocenters. The zero-order valence-electron chi connectivity index (χ0n) is 30.3. The Morgan fingerprint density at radius 1 is 0.643 bits per heavy atom. The van der Waals surface area contributed by atoms with Gasteiger partial charge < -0.3 is 14.2 Å². The molecule has 2 aliphatic heterocycles. The van der Waals surface area contributed by atoms with E-state index in [1.165, 1.54) is 43.1 Å². The number of methoxy groups -OCH3 is 3. The van der Waals surface area contributed by atoms with Gasteiger partial charge in [0.2, 0.25) is 0 Å². The number of hydrogen-bond acceptors (Lipinski definition) is 18. The molecule has 2 aliphatic rings. The fourth-order valence-electron chi connectivity index (χ4n) is 5.39. The van der Waals surface area contributed by atoms with Gasteiger partial charge >= 0.3 is 17.9 Å². The number of rotatable bonds is 11. The molecule has 5 heterocycles. The van der Waals surface area contributed by atoms with Gasteiger partial charge in [0, 0.05) is 0 Å². The fourth-order valence-corrected chi connectivity index (χ4v) is 5.39. The molecule has 5 aromatic rings. The van der Waals surface area contributed by atoms with Crippen molar-refractivity contribution < 1.29 is 23.8 Å². The molecule has 0 fully saturated rings. The molecule has 0 unspecified atom stereocenters. The molecule has 0 saturated carbocycles. The second-order valence-corrected chi connectivity index (χ2v) is 11.5. The molecular formula is C34H31N17O5. The molecule has 2 aromatic carbocycles. The molecule has 0 spiro atoms. The summed E-state index contributed by atoms with van der Waals surface area (Å²) in [7, 11) is 3.85. The predicted octanol–water partition coefficient (Wildman–Crippen LogP) is 3.11. The summed E-state index contributed by atoms with van der Waals surface area (Å²) in [4.78, 5) is 38.2. The Morgan fingerprint density at radius 3 is 1.43 bits per heavy atom. The summed E-state index contributed by atoms with van der Waals surface area (Å²) in [5.41, 5.74) is 7.98. The third-order valence-electron chi connectivity index (χ3n) is 8.11. The number of anilines is 4. The van der Waals surface area contributed by atoms with Crippen LogP contribution in [0.5, 0.6) is 6.01 Å². The summed E-state index contributed by atoms with van der Waals surface area (Å²) in [5.74, 6) is -1.68. The number of nitrogens with zero attached hydrogens (tertiary/aromatic N) is 13. The Morgan fingerprint density at radius 2 is 1.05 bits per heavy atom. The Bertz CT molecular complexity index is 2340. The van der Waals surface area contributed by atoms with Gasteiger partial charge in [-0.2, -0.15) is 55.6 Å². The Labute approximate surface area is 316 Å². The predicted molar refractivity (Wildman–Crippen MR) is 205 cm³/mol. The highest BCUT2D eigenvalue weighted by Crippen LogP contribution is 2.26. The van der Waals surface area contributed by atoms with E-state index in [0.29, 0.717) is 22.8 Å². The van der Waals surface area contributed by atoms with E-state index in [2.05, 4.69) is 56.4 Å². The summed E-state index contributed by atoms with van der Waals surface area (Å²) < 4.78 is 18.1. The van der Waals surface area contributed by atoms with E-state index >= 15 is 0 Å². The average Bonchev–Trinajstić information content (AvgIpc) is 3.99. The molecular weight excluding hydrogens is 726 g/mol. The van der Waals surface area contributed by atoms with Crippen molar-refractivity contribution in [3.05, 3.63) is 84.2 Å². The van der Waals surface area contributed by atoms with Gasteiger partial charge in [0.1, 0.15) is 11.1 Å². The number of carbonyl (C=O) groups excluding carboxylic acids is 2. The van der Waals surface area contributed by atoms with Crippen LogP contribution in [0.15, 0.2) is 93.5 Å². The van der Waals surface area contributed by atoms with Crippen LogP contribution in [0.2, 0.25) is 0 Å². The number of amidine groups is 2. The Balaban J connectivity index is 1.16. The first-order chi connectivity index (χ1) is 27.1. The standard InChI is InChI=1S/C34H31N17O5/c1-18-24(42-44-28-22(30(52)54-3)16-37-48(28)20-12-8-6-9-13-20)26(35)50(46-18)32-39-33(41-34(40-32)56-5)51-27(36)25(19(2)47-51)43-45-29-23(31(53)55-4)17-38-49(29)21-14-10-7-11-15-21/h6-17,35-36,44-45H,1-5H3/b35-26?,36-27?,42-24+,43-25+. The number of hydrogen-bond donors (Lipinski definition) is 4. The highest BCUT2D eigenvalue weighted by molar-refractivity contribution is 6.72. The van der Waals surface area contributed by atoms with Gasteiger partial charge in [0.25, 0.3) is 11.9 Å². The van der Waals surface area contributed by atoms with Crippen molar-refractivity contribution in [2.75, 3.05) is 42.2 Å². The first-order valence-corrected chi connectivity index (χ1v) is 16.4. The highest BCUT2D eigenvalue weighted by Gasteiger charge is 2.34. The van der Waals surface area contributed by atoms with E-state index in [-0.39, 0.29) is 63.8 Å². The number of para-hydroxylation sites is 2. The molecule has 0 aliphatic carbocycles. The fraction of sp³-hybridized carbons (Fsp3) is 0.147. The van der Waals surface area contributed by atoms with Crippen molar-refractivity contribution in [1.82, 2.24) is 34.5 Å². The van der Waals surface area contributed by atoms with Crippen LogP contribution in [0.1, 0.15) is 34.6 Å². The Kier molecular flexibility index (Phi) is 9.73. The maximum atomic E-state index is 12.6. The molecule has 0 bridgehead atoms. The van der Waals surface area contributed by atoms with E-state index < -0.39 is 11.9 Å². The van der Waals surface area contributed by atoms with Crippen molar-refractivity contribution >= 4 is 70.0 Å². The number of nitrogens with one attached hydrogen (secondary N) is 4. The zero-order valence-corrected chi connectivity index (χ0v) is 30.3. The number of ether oxygens (including phenoxy) is 3. The molecule has 282 valence electrons. The second-order valence-electron chi connectivity index (χ2n) is 11.5. The smallest absolute Gasteiger partial charge is 0.343 e. The lowest BCUT2D eigenvalue weighted by Gasteiger charge is -2.16. The molecule has 0 radical (unpaired) electrons. The van der Waals surface area contributed by atoms with Gasteiger partial charge in [0.15, 0.2) is 34.7 Å². The van der Waals surface area contributed by atoms with Crippen molar-refractivity contribution in [3.8, 4) is 17.4 Å². The average molecular weight is 758 g/mol. The number of benzene rings is 2. The van der Waals surface area contributed by atoms with Gasteiger partial charge in [-0.3, -0.25) is 21.7 Å². The molecule has 0 amide bonds. The monoisotopic (exact) mass is 757 g/mol. The summed E-state index contributed by atoms with van der Waals surface area (Å²) >= 11 is 0. The topological polar surface area (TPSA) is 264 Å². The van der Waals surface area contributed by atoms with E-state index in [1.807, 2.05) is 36.4 Å². The van der Waals surface area contributed by atoms with Crippen LogP contribution in [-0.4, -0.2) is 102 Å². The molecule has 4 N–H and O–H groups in total. The normalized spacial score (nSPS) is 15.3. The summed E-state index contributed by atoms with van der Waals surface area (Å²) in [6.07, 6.45) is 2.69. The van der Waals surface area contributed by atoms with Gasteiger partial charge in [-0.05, 0) is 38.1 Å². The molecule has 22 nitrogen and oxygen atoms in total. The minimum absolute atomic E-state index is 0.0897. The molecule has 3 aromatic heterocycles. The van der Waals surface area contributed by atoms with E-state index in [9.17, 15) is 9.59 Å². The van der Waals surface area contributed by atoms with Crippen molar-refractivity contribution in [1.29, 1.82) is 10.8 Å². The zero-order chi connectivity index (χ0) is 39.5. The van der Waals surface area contributed by atoms with E-state index in [0.717, 1.165) is 10.0 Å². The SMILES string of the molecule is COC(=O)c1cnn(-c2ccccc2)c1N/N=C1/C(=N)N(c2nc(OC)nc(N3N=C(C)/C(=N\Nc4c(C(=O)OC)cnn4-c4ccccc4)C3=N)n2)N=C1C. The number of aromatic nitrogens is 7. The lowest BCUT2D eigenvalue weighted by Crippen LogP contribution is -2.31. The molecule has 7 rings (SSSR count). The van der Waals surface area contributed by atoms with Crippen LogP contribution in [-0.2, 0) is 9.47 Å². The van der Waals surface area contributed by atoms with Gasteiger partial charge in [-0.1, -0.05) is 36.4 Å². The van der Waals surface area contributed by atoms with Crippen LogP contribution in [0.3, 0.4) is 0 Å². The number of esters is 2. The van der Waals surface area contributed by atoms with Crippen LogP contribution >= 0.6 is 0 Å².